The van der Waals surface area contributed by atoms with Gasteiger partial charge < -0.3 is 11.1 Å². The summed E-state index contributed by atoms with van der Waals surface area (Å²) in [6.07, 6.45) is 0. The van der Waals surface area contributed by atoms with Crippen LogP contribution in [0.4, 0.5) is 15.9 Å². The molecule has 4 N–H and O–H groups in total. The molecule has 0 aliphatic carbocycles. The molecule has 4 aromatic rings. The average molecular weight is 352 g/mol. The van der Waals surface area contributed by atoms with E-state index < -0.39 is 5.82 Å². The number of thiophene rings is 1. The molecule has 7 heteroatoms. The molecular weight excluding hydrogens is 339 g/mol. The summed E-state index contributed by atoms with van der Waals surface area (Å²) in [5.74, 6) is -0.428. The second kappa shape index (κ2) is 6.03. The third kappa shape index (κ3) is 2.85. The Morgan fingerprint density at radius 3 is 2.68 bits per heavy atom. The summed E-state index contributed by atoms with van der Waals surface area (Å²) in [6.45, 7) is 0. The van der Waals surface area contributed by atoms with Crippen LogP contribution in [-0.4, -0.2) is 16.1 Å². The monoisotopic (exact) mass is 352 g/mol. The maximum atomic E-state index is 14.4. The maximum Gasteiger partial charge on any atom is 0.257 e. The summed E-state index contributed by atoms with van der Waals surface area (Å²) in [5.41, 5.74) is 8.63. The SMILES string of the molecule is Nc1ccc(-c2cc(F)c3[nH]nc(NC(=O)c4ccsc4)c3c2)cc1. The summed E-state index contributed by atoms with van der Waals surface area (Å²) in [7, 11) is 0. The average Bonchev–Trinajstić information content (AvgIpc) is 3.26. The van der Waals surface area contributed by atoms with Crippen molar-refractivity contribution in [3.8, 4) is 11.1 Å². The second-order valence-corrected chi connectivity index (χ2v) is 6.32. The van der Waals surface area contributed by atoms with E-state index in [1.165, 1.54) is 17.4 Å². The third-order valence-corrected chi connectivity index (χ3v) is 4.57. The first-order valence-electron chi connectivity index (χ1n) is 7.49. The fourth-order valence-electron chi connectivity index (χ4n) is 2.59. The number of amides is 1. The molecule has 4 rings (SSSR count). The van der Waals surface area contributed by atoms with E-state index in [0.29, 0.717) is 28.0 Å². The van der Waals surface area contributed by atoms with Gasteiger partial charge in [0, 0.05) is 16.5 Å². The molecular formula is C18H13FN4OS. The van der Waals surface area contributed by atoms with Gasteiger partial charge in [-0.15, -0.1) is 0 Å². The predicted molar refractivity (Wildman–Crippen MR) is 98.2 cm³/mol. The van der Waals surface area contributed by atoms with Crippen molar-refractivity contribution in [2.75, 3.05) is 11.1 Å². The minimum atomic E-state index is -0.437. The smallest absolute Gasteiger partial charge is 0.257 e. The van der Waals surface area contributed by atoms with Gasteiger partial charge in [-0.2, -0.15) is 16.4 Å². The minimum absolute atomic E-state index is 0.250. The van der Waals surface area contributed by atoms with Crippen molar-refractivity contribution in [3.63, 3.8) is 0 Å². The number of H-pyrrole nitrogens is 1. The van der Waals surface area contributed by atoms with E-state index in [0.717, 1.165) is 5.56 Å². The molecule has 2 aromatic heterocycles. The summed E-state index contributed by atoms with van der Waals surface area (Å²) < 4.78 is 14.4. The standard InChI is InChI=1S/C18H13FN4OS/c19-15-8-12(10-1-3-13(20)4-2-10)7-14-16(15)22-23-17(14)21-18(24)11-5-6-25-9-11/h1-9H,20H2,(H2,21,22,23,24). The van der Waals surface area contributed by atoms with Crippen molar-refractivity contribution in [2.45, 2.75) is 0 Å². The van der Waals surface area contributed by atoms with Crippen LogP contribution in [-0.2, 0) is 0 Å². The Balaban J connectivity index is 1.76. The van der Waals surface area contributed by atoms with E-state index in [1.807, 2.05) is 17.5 Å². The summed E-state index contributed by atoms with van der Waals surface area (Å²) >= 11 is 1.43. The number of nitrogens with zero attached hydrogens (tertiary/aromatic N) is 1. The van der Waals surface area contributed by atoms with Gasteiger partial charge in [-0.25, -0.2) is 4.39 Å². The van der Waals surface area contributed by atoms with Crippen molar-refractivity contribution in [2.24, 2.45) is 0 Å². The summed E-state index contributed by atoms with van der Waals surface area (Å²) in [6, 6.07) is 12.1. The molecule has 1 amide bonds. The van der Waals surface area contributed by atoms with Crippen LogP contribution in [0.15, 0.2) is 53.2 Å². The number of aromatic amines is 1. The predicted octanol–water partition coefficient (Wildman–Crippen LogP) is 4.27. The van der Waals surface area contributed by atoms with Gasteiger partial charge >= 0.3 is 0 Å². The molecule has 5 nitrogen and oxygen atoms in total. The van der Waals surface area contributed by atoms with Crippen LogP contribution in [0.3, 0.4) is 0 Å². The quantitative estimate of drug-likeness (QED) is 0.482. The van der Waals surface area contributed by atoms with Crippen LogP contribution in [0.25, 0.3) is 22.0 Å². The number of hydrogen-bond acceptors (Lipinski definition) is 4. The van der Waals surface area contributed by atoms with Gasteiger partial charge in [0.2, 0.25) is 0 Å². The van der Waals surface area contributed by atoms with Crippen LogP contribution >= 0.6 is 11.3 Å². The minimum Gasteiger partial charge on any atom is -0.399 e. The highest BCUT2D eigenvalue weighted by Gasteiger charge is 2.15. The lowest BCUT2D eigenvalue weighted by Gasteiger charge is -2.05. The number of rotatable bonds is 3. The van der Waals surface area contributed by atoms with Gasteiger partial charge in [0.25, 0.3) is 5.91 Å². The van der Waals surface area contributed by atoms with Crippen LogP contribution in [0.5, 0.6) is 0 Å². The van der Waals surface area contributed by atoms with E-state index in [9.17, 15) is 9.18 Å². The van der Waals surface area contributed by atoms with Gasteiger partial charge in [0.1, 0.15) is 11.3 Å². The van der Waals surface area contributed by atoms with Crippen LogP contribution < -0.4 is 11.1 Å². The molecule has 0 radical (unpaired) electrons. The molecule has 124 valence electrons. The van der Waals surface area contributed by atoms with Crippen molar-refractivity contribution in [3.05, 3.63) is 64.6 Å². The zero-order chi connectivity index (χ0) is 17.4. The number of hydrogen-bond donors (Lipinski definition) is 3. The van der Waals surface area contributed by atoms with Crippen LogP contribution in [0.2, 0.25) is 0 Å². The zero-order valence-electron chi connectivity index (χ0n) is 12.9. The number of aromatic nitrogens is 2. The molecule has 2 heterocycles. The number of anilines is 2. The number of carbonyl (C=O) groups excluding carboxylic acids is 1. The van der Waals surface area contributed by atoms with E-state index in [4.69, 9.17) is 5.73 Å². The molecule has 0 aliphatic heterocycles. The maximum absolute atomic E-state index is 14.4. The topological polar surface area (TPSA) is 83.8 Å². The summed E-state index contributed by atoms with van der Waals surface area (Å²) in [5, 5.41) is 13.5. The van der Waals surface area contributed by atoms with Gasteiger partial charge in [-0.05, 0) is 46.8 Å². The lowest BCUT2D eigenvalue weighted by Crippen LogP contribution is -2.11. The van der Waals surface area contributed by atoms with Gasteiger partial charge in [-0.1, -0.05) is 12.1 Å². The molecule has 0 spiro atoms. The molecule has 0 saturated carbocycles. The number of carbonyl (C=O) groups is 1. The van der Waals surface area contributed by atoms with Crippen molar-refractivity contribution >= 4 is 39.7 Å². The molecule has 0 aliphatic rings. The molecule has 0 fully saturated rings. The number of benzene rings is 2. The van der Waals surface area contributed by atoms with E-state index in [1.54, 1.807) is 29.6 Å². The zero-order valence-corrected chi connectivity index (χ0v) is 13.7. The van der Waals surface area contributed by atoms with Gasteiger partial charge in [-0.3, -0.25) is 9.89 Å². The normalized spacial score (nSPS) is 10.9. The first kappa shape index (κ1) is 15.3. The van der Waals surface area contributed by atoms with Gasteiger partial charge in [0.15, 0.2) is 5.82 Å². The Labute approximate surface area is 146 Å². The molecule has 0 atom stereocenters. The second-order valence-electron chi connectivity index (χ2n) is 5.54. The van der Waals surface area contributed by atoms with E-state index >= 15 is 0 Å². The van der Waals surface area contributed by atoms with E-state index in [-0.39, 0.29) is 11.4 Å². The molecule has 2 aromatic carbocycles. The molecule has 0 unspecified atom stereocenters. The fraction of sp³-hybridized carbons (Fsp3) is 0. The van der Waals surface area contributed by atoms with Gasteiger partial charge in [0.05, 0.1) is 5.56 Å². The summed E-state index contributed by atoms with van der Waals surface area (Å²) in [4.78, 5) is 12.2. The number of nitrogen functional groups attached to an aromatic ring is 1. The largest absolute Gasteiger partial charge is 0.399 e. The lowest BCUT2D eigenvalue weighted by atomic mass is 10.0. The highest BCUT2D eigenvalue weighted by molar-refractivity contribution is 7.08. The third-order valence-electron chi connectivity index (χ3n) is 3.88. The first-order valence-corrected chi connectivity index (χ1v) is 8.43. The van der Waals surface area contributed by atoms with E-state index in [2.05, 4.69) is 15.5 Å². The Bertz CT molecular complexity index is 1050. The van der Waals surface area contributed by atoms with Crippen molar-refractivity contribution in [1.82, 2.24) is 10.2 Å². The Hall–Kier alpha value is -3.19. The molecule has 0 bridgehead atoms. The van der Waals surface area contributed by atoms with Crippen LogP contribution in [0, 0.1) is 5.82 Å². The Morgan fingerprint density at radius 2 is 1.96 bits per heavy atom. The van der Waals surface area contributed by atoms with Crippen LogP contribution in [0.1, 0.15) is 10.4 Å². The number of fused-ring (bicyclic) bond motifs is 1. The molecule has 25 heavy (non-hydrogen) atoms. The first-order chi connectivity index (χ1) is 12.1. The number of nitrogens with two attached hydrogens (primary N) is 1. The number of nitrogens with one attached hydrogen (secondary N) is 2. The lowest BCUT2D eigenvalue weighted by molar-refractivity contribution is 0.102. The van der Waals surface area contributed by atoms with Crippen molar-refractivity contribution in [1.29, 1.82) is 0 Å². The molecule has 0 saturated heterocycles. The Morgan fingerprint density at radius 1 is 1.16 bits per heavy atom. The highest BCUT2D eigenvalue weighted by atomic mass is 32.1. The number of halogens is 1. The van der Waals surface area contributed by atoms with Crippen molar-refractivity contribution < 1.29 is 9.18 Å². The fourth-order valence-corrected chi connectivity index (χ4v) is 3.23. The highest BCUT2D eigenvalue weighted by Crippen LogP contribution is 2.30. The Kier molecular flexibility index (Phi) is 3.70.